The van der Waals surface area contributed by atoms with Crippen molar-refractivity contribution >= 4 is 17.3 Å². The van der Waals surface area contributed by atoms with Gasteiger partial charge in [-0.15, -0.1) is 0 Å². The molecule has 1 unspecified atom stereocenters. The van der Waals surface area contributed by atoms with Crippen molar-refractivity contribution in [2.75, 3.05) is 11.4 Å². The molecule has 0 radical (unpaired) electrons. The molecule has 6 nitrogen and oxygen atoms in total. The Kier molecular flexibility index (Phi) is 6.98. The molecule has 0 amide bonds. The van der Waals surface area contributed by atoms with Crippen molar-refractivity contribution < 1.29 is 14.4 Å². The number of carbonyl (C=O) groups is 2. The Balaban J connectivity index is 1.52. The third kappa shape index (κ3) is 5.19. The van der Waals surface area contributed by atoms with Crippen molar-refractivity contribution in [2.24, 2.45) is 11.6 Å². The Morgan fingerprint density at radius 3 is 2.39 bits per heavy atom. The Labute approximate surface area is 193 Å². The van der Waals surface area contributed by atoms with Gasteiger partial charge in [0.15, 0.2) is 11.6 Å². The maximum Gasteiger partial charge on any atom is 0.198 e. The maximum atomic E-state index is 13.3. The number of hydrogen-bond donors (Lipinski definition) is 2. The number of nitrogens with two attached hydrogens (primary N) is 2. The number of benzene rings is 3. The number of anilines is 1. The predicted octanol–water partition coefficient (Wildman–Crippen LogP) is 4.12. The van der Waals surface area contributed by atoms with Crippen LogP contribution in [0.15, 0.2) is 90.5 Å². The zero-order valence-electron chi connectivity index (χ0n) is 18.3. The van der Waals surface area contributed by atoms with Crippen molar-refractivity contribution in [1.29, 1.82) is 0 Å². The summed E-state index contributed by atoms with van der Waals surface area (Å²) < 4.78 is 0. The minimum absolute atomic E-state index is 0.174. The molecule has 0 fully saturated rings. The fourth-order valence-corrected chi connectivity index (χ4v) is 4.05. The smallest absolute Gasteiger partial charge is 0.198 e. The van der Waals surface area contributed by atoms with E-state index in [2.05, 4.69) is 4.90 Å². The van der Waals surface area contributed by atoms with Gasteiger partial charge >= 0.3 is 0 Å². The van der Waals surface area contributed by atoms with Crippen LogP contribution in [0.3, 0.4) is 0 Å². The van der Waals surface area contributed by atoms with Gasteiger partial charge < -0.3 is 15.5 Å². The Morgan fingerprint density at radius 1 is 0.970 bits per heavy atom. The SMILES string of the molecule is NOc1ccc(CN2CC=C(C(=O)CCC(N)c3ccccc3)C(=O)c3ccccc32)cc1. The normalized spacial score (nSPS) is 14.2. The molecule has 6 heteroatoms. The Hall–Kier alpha value is -3.74. The van der Waals surface area contributed by atoms with Gasteiger partial charge in [0, 0.05) is 36.8 Å². The monoisotopic (exact) mass is 441 g/mol. The molecule has 1 aliphatic heterocycles. The third-order valence-electron chi connectivity index (χ3n) is 5.89. The van der Waals surface area contributed by atoms with E-state index in [1.165, 1.54) is 0 Å². The van der Waals surface area contributed by atoms with E-state index in [0.29, 0.717) is 30.8 Å². The Bertz CT molecular complexity index is 1160. The second kappa shape index (κ2) is 10.3. The third-order valence-corrected chi connectivity index (χ3v) is 5.89. The fourth-order valence-electron chi connectivity index (χ4n) is 4.05. The highest BCUT2D eigenvalue weighted by Crippen LogP contribution is 2.29. The molecule has 168 valence electrons. The molecule has 0 aliphatic carbocycles. The number of para-hydroxylation sites is 1. The van der Waals surface area contributed by atoms with E-state index in [9.17, 15) is 9.59 Å². The van der Waals surface area contributed by atoms with E-state index < -0.39 is 0 Å². The van der Waals surface area contributed by atoms with Crippen LogP contribution in [-0.4, -0.2) is 18.1 Å². The number of nitrogens with zero attached hydrogens (tertiary/aromatic N) is 1. The predicted molar refractivity (Wildman–Crippen MR) is 129 cm³/mol. The van der Waals surface area contributed by atoms with E-state index in [0.717, 1.165) is 16.8 Å². The first kappa shape index (κ1) is 22.5. The highest BCUT2D eigenvalue weighted by Gasteiger charge is 2.27. The molecule has 0 spiro atoms. The maximum absolute atomic E-state index is 13.3. The summed E-state index contributed by atoms with van der Waals surface area (Å²) in [4.78, 5) is 33.2. The first-order chi connectivity index (χ1) is 16.1. The molecule has 4 N–H and O–H groups in total. The van der Waals surface area contributed by atoms with Gasteiger partial charge in [-0.1, -0.05) is 60.7 Å². The number of Topliss-reactive ketones (excluding diaryl/α,β-unsaturated/α-hetero) is 2. The minimum Gasteiger partial charge on any atom is -0.412 e. The highest BCUT2D eigenvalue weighted by molar-refractivity contribution is 6.28. The van der Waals surface area contributed by atoms with Crippen LogP contribution in [0.5, 0.6) is 5.75 Å². The second-order valence-corrected chi connectivity index (χ2v) is 8.09. The van der Waals surface area contributed by atoms with Gasteiger partial charge in [-0.3, -0.25) is 9.59 Å². The standard InChI is InChI=1S/C27H27N3O3/c28-24(20-6-2-1-3-7-20)14-15-26(31)23-16-17-30(18-19-10-12-21(33-29)13-11-19)25-9-5-4-8-22(25)27(23)32/h1-13,16,24H,14-15,17-18,28-29H2. The van der Waals surface area contributed by atoms with Crippen LogP contribution >= 0.6 is 0 Å². The molecule has 0 saturated carbocycles. The van der Waals surface area contributed by atoms with Crippen LogP contribution in [0.4, 0.5) is 5.69 Å². The number of rotatable bonds is 8. The summed E-state index contributed by atoms with van der Waals surface area (Å²) in [5.41, 5.74) is 9.85. The lowest BCUT2D eigenvalue weighted by Gasteiger charge is -2.24. The molecule has 0 aromatic heterocycles. The van der Waals surface area contributed by atoms with E-state index >= 15 is 0 Å². The zero-order valence-corrected chi connectivity index (χ0v) is 18.3. The summed E-state index contributed by atoms with van der Waals surface area (Å²) in [6.07, 6.45) is 2.45. The molecule has 33 heavy (non-hydrogen) atoms. The van der Waals surface area contributed by atoms with Gasteiger partial charge in [0.05, 0.1) is 5.57 Å². The number of hydrogen-bond acceptors (Lipinski definition) is 6. The molecular weight excluding hydrogens is 414 g/mol. The van der Waals surface area contributed by atoms with Gasteiger partial charge in [0.25, 0.3) is 0 Å². The van der Waals surface area contributed by atoms with Crippen LogP contribution < -0.4 is 21.4 Å². The summed E-state index contributed by atoms with van der Waals surface area (Å²) in [6, 6.07) is 24.3. The fraction of sp³-hybridized carbons (Fsp3) is 0.185. The molecule has 1 heterocycles. The first-order valence-electron chi connectivity index (χ1n) is 10.9. The lowest BCUT2D eigenvalue weighted by atomic mass is 9.94. The summed E-state index contributed by atoms with van der Waals surface area (Å²) in [7, 11) is 0. The number of carbonyl (C=O) groups excluding carboxylic acids is 2. The van der Waals surface area contributed by atoms with Gasteiger partial charge in [-0.25, -0.2) is 0 Å². The summed E-state index contributed by atoms with van der Waals surface area (Å²) in [5.74, 6) is 5.37. The first-order valence-corrected chi connectivity index (χ1v) is 10.9. The van der Waals surface area contributed by atoms with Crippen molar-refractivity contribution in [3.63, 3.8) is 0 Å². The van der Waals surface area contributed by atoms with E-state index in [1.54, 1.807) is 24.3 Å². The van der Waals surface area contributed by atoms with Gasteiger partial charge in [-0.05, 0) is 41.8 Å². The Morgan fingerprint density at radius 2 is 1.67 bits per heavy atom. The topological polar surface area (TPSA) is 98.7 Å². The number of ketones is 2. The molecular formula is C27H27N3O3. The van der Waals surface area contributed by atoms with Crippen molar-refractivity contribution in [2.45, 2.75) is 25.4 Å². The zero-order chi connectivity index (χ0) is 23.2. The molecule has 0 bridgehead atoms. The average molecular weight is 442 g/mol. The lowest BCUT2D eigenvalue weighted by molar-refractivity contribution is -0.115. The largest absolute Gasteiger partial charge is 0.412 e. The minimum atomic E-state index is -0.249. The van der Waals surface area contributed by atoms with Crippen LogP contribution in [0.2, 0.25) is 0 Å². The lowest BCUT2D eigenvalue weighted by Crippen LogP contribution is -2.23. The molecule has 0 saturated heterocycles. The van der Waals surface area contributed by atoms with Crippen molar-refractivity contribution in [3.05, 3.63) is 107 Å². The summed E-state index contributed by atoms with van der Waals surface area (Å²) in [5, 5.41) is 0. The molecule has 3 aromatic carbocycles. The van der Waals surface area contributed by atoms with Gasteiger partial charge in [-0.2, -0.15) is 5.90 Å². The van der Waals surface area contributed by atoms with Crippen molar-refractivity contribution in [1.82, 2.24) is 0 Å². The number of allylic oxidation sites excluding steroid dienone is 1. The van der Waals surface area contributed by atoms with Gasteiger partial charge in [0.1, 0.15) is 5.75 Å². The van der Waals surface area contributed by atoms with E-state index in [4.69, 9.17) is 16.5 Å². The summed E-state index contributed by atoms with van der Waals surface area (Å²) in [6.45, 7) is 1.02. The van der Waals surface area contributed by atoms with Crippen LogP contribution in [0.1, 0.15) is 40.4 Å². The molecule has 3 aromatic rings. The van der Waals surface area contributed by atoms with Crippen molar-refractivity contribution in [3.8, 4) is 5.75 Å². The van der Waals surface area contributed by atoms with Crippen LogP contribution in [0, 0.1) is 0 Å². The van der Waals surface area contributed by atoms with E-state index in [-0.39, 0.29) is 29.6 Å². The molecule has 4 rings (SSSR count). The average Bonchev–Trinajstić information content (AvgIpc) is 3.00. The molecule has 1 atom stereocenters. The van der Waals surface area contributed by atoms with E-state index in [1.807, 2.05) is 60.7 Å². The van der Waals surface area contributed by atoms with Gasteiger partial charge in [0.2, 0.25) is 0 Å². The van der Waals surface area contributed by atoms with Crippen LogP contribution in [0.25, 0.3) is 0 Å². The van der Waals surface area contributed by atoms with Crippen LogP contribution in [-0.2, 0) is 11.3 Å². The quantitative estimate of drug-likeness (QED) is 0.403. The molecule has 1 aliphatic rings. The summed E-state index contributed by atoms with van der Waals surface area (Å²) >= 11 is 0. The second-order valence-electron chi connectivity index (χ2n) is 8.09. The number of fused-ring (bicyclic) bond motifs is 1. The highest BCUT2D eigenvalue weighted by atomic mass is 16.6.